The maximum Gasteiger partial charge on any atom is 0.173 e. The lowest BCUT2D eigenvalue weighted by molar-refractivity contribution is -0.0208. The molecule has 0 atom stereocenters. The van der Waals surface area contributed by atoms with Crippen LogP contribution in [0.3, 0.4) is 0 Å². The fraction of sp³-hybridized carbons (Fsp3) is 0.550. The first kappa shape index (κ1) is 15.5. The van der Waals surface area contributed by atoms with Crippen LogP contribution in [-0.2, 0) is 6.54 Å². The van der Waals surface area contributed by atoms with Crippen LogP contribution in [0, 0.1) is 29.4 Å². The molecule has 0 spiro atoms. The normalized spacial score (nSPS) is 33.1. The van der Waals surface area contributed by atoms with Crippen LogP contribution in [0.15, 0.2) is 28.8 Å². The highest BCUT2D eigenvalue weighted by Gasteiger charge is 2.50. The minimum Gasteiger partial charge on any atom is -0.356 e. The van der Waals surface area contributed by atoms with Crippen molar-refractivity contribution in [3.8, 4) is 11.3 Å². The van der Waals surface area contributed by atoms with Gasteiger partial charge in [-0.25, -0.2) is 8.78 Å². The summed E-state index contributed by atoms with van der Waals surface area (Å²) in [7, 11) is 0. The molecule has 1 aromatic carbocycles. The number of benzene rings is 1. The first-order chi connectivity index (χ1) is 12.1. The SMILES string of the molecule is Fc1cccc(F)c1-c1cc(CNC23CC4CC(CC(C4)C2)C3)no1. The number of hydrogen-bond donors (Lipinski definition) is 1. The van der Waals surface area contributed by atoms with Crippen molar-refractivity contribution in [3.63, 3.8) is 0 Å². The monoisotopic (exact) mass is 344 g/mol. The van der Waals surface area contributed by atoms with Crippen molar-refractivity contribution in [1.82, 2.24) is 10.5 Å². The van der Waals surface area contributed by atoms with Crippen molar-refractivity contribution in [2.24, 2.45) is 17.8 Å². The molecule has 0 aliphatic heterocycles. The average Bonchev–Trinajstić information content (AvgIpc) is 3.00. The maximum atomic E-state index is 13.9. The van der Waals surface area contributed by atoms with Gasteiger partial charge in [-0.3, -0.25) is 0 Å². The van der Waals surface area contributed by atoms with Crippen LogP contribution in [0.2, 0.25) is 0 Å². The molecule has 3 nitrogen and oxygen atoms in total. The molecule has 0 radical (unpaired) electrons. The Bertz CT molecular complexity index is 745. The molecule has 4 bridgehead atoms. The summed E-state index contributed by atoms with van der Waals surface area (Å²) in [5, 5.41) is 7.75. The van der Waals surface area contributed by atoms with Gasteiger partial charge in [-0.15, -0.1) is 0 Å². The molecule has 1 heterocycles. The quantitative estimate of drug-likeness (QED) is 0.875. The molecular weight excluding hydrogens is 322 g/mol. The van der Waals surface area contributed by atoms with E-state index >= 15 is 0 Å². The predicted molar refractivity (Wildman–Crippen MR) is 89.6 cm³/mol. The largest absolute Gasteiger partial charge is 0.356 e. The summed E-state index contributed by atoms with van der Waals surface area (Å²) in [6, 6.07) is 5.46. The molecule has 1 N–H and O–H groups in total. The summed E-state index contributed by atoms with van der Waals surface area (Å²) in [5.74, 6) is 1.52. The van der Waals surface area contributed by atoms with Gasteiger partial charge < -0.3 is 9.84 Å². The zero-order valence-corrected chi connectivity index (χ0v) is 14.1. The maximum absolute atomic E-state index is 13.9. The number of nitrogens with zero attached hydrogens (tertiary/aromatic N) is 1. The van der Waals surface area contributed by atoms with Crippen LogP contribution in [0.4, 0.5) is 8.78 Å². The molecule has 0 amide bonds. The van der Waals surface area contributed by atoms with Gasteiger partial charge in [-0.2, -0.15) is 0 Å². The van der Waals surface area contributed by atoms with Crippen LogP contribution in [-0.4, -0.2) is 10.7 Å². The van der Waals surface area contributed by atoms with Crippen molar-refractivity contribution in [2.45, 2.75) is 50.6 Å². The first-order valence-electron chi connectivity index (χ1n) is 9.25. The summed E-state index contributed by atoms with van der Waals surface area (Å²) in [6.45, 7) is 0.589. The summed E-state index contributed by atoms with van der Waals surface area (Å²) in [6.07, 6.45) is 7.98. The predicted octanol–water partition coefficient (Wildman–Crippen LogP) is 4.68. The second-order valence-electron chi connectivity index (χ2n) is 8.33. The molecule has 2 aromatic rings. The van der Waals surface area contributed by atoms with Crippen LogP contribution in [0.5, 0.6) is 0 Å². The lowest BCUT2D eigenvalue weighted by Crippen LogP contribution is -2.58. The van der Waals surface area contributed by atoms with E-state index in [1.807, 2.05) is 0 Å². The van der Waals surface area contributed by atoms with Gasteiger partial charge in [0.1, 0.15) is 11.6 Å². The topological polar surface area (TPSA) is 38.1 Å². The molecule has 4 fully saturated rings. The van der Waals surface area contributed by atoms with Crippen molar-refractivity contribution in [1.29, 1.82) is 0 Å². The molecule has 4 aliphatic rings. The van der Waals surface area contributed by atoms with Crippen LogP contribution >= 0.6 is 0 Å². The molecule has 25 heavy (non-hydrogen) atoms. The molecule has 0 unspecified atom stereocenters. The third kappa shape index (κ3) is 2.69. The summed E-state index contributed by atoms with van der Waals surface area (Å²) in [4.78, 5) is 0. The van der Waals surface area contributed by atoms with E-state index in [2.05, 4.69) is 10.5 Å². The summed E-state index contributed by atoms with van der Waals surface area (Å²) >= 11 is 0. The third-order valence-electron chi connectivity index (χ3n) is 6.45. The Kier molecular flexibility index (Phi) is 3.49. The van der Waals surface area contributed by atoms with Crippen LogP contribution < -0.4 is 5.32 Å². The van der Waals surface area contributed by atoms with E-state index in [9.17, 15) is 8.78 Å². The highest BCUT2D eigenvalue weighted by Crippen LogP contribution is 2.55. The molecular formula is C20H22F2N2O. The smallest absolute Gasteiger partial charge is 0.173 e. The Morgan fingerprint density at radius 3 is 2.24 bits per heavy atom. The van der Waals surface area contributed by atoms with Gasteiger partial charge >= 0.3 is 0 Å². The highest BCUT2D eigenvalue weighted by molar-refractivity contribution is 5.59. The van der Waals surface area contributed by atoms with E-state index in [4.69, 9.17) is 4.52 Å². The number of nitrogens with one attached hydrogen (secondary N) is 1. The van der Waals surface area contributed by atoms with E-state index in [0.717, 1.165) is 17.8 Å². The van der Waals surface area contributed by atoms with Crippen molar-refractivity contribution in [3.05, 3.63) is 41.6 Å². The fourth-order valence-electron chi connectivity index (χ4n) is 5.85. The summed E-state index contributed by atoms with van der Waals surface area (Å²) < 4.78 is 33.0. The van der Waals surface area contributed by atoms with E-state index < -0.39 is 11.6 Å². The van der Waals surface area contributed by atoms with Crippen molar-refractivity contribution < 1.29 is 13.3 Å². The number of halogens is 2. The van der Waals surface area contributed by atoms with Gasteiger partial charge in [0.2, 0.25) is 0 Å². The second kappa shape index (κ2) is 5.63. The van der Waals surface area contributed by atoms with Gasteiger partial charge in [0.25, 0.3) is 0 Å². The van der Waals surface area contributed by atoms with Gasteiger partial charge in [0, 0.05) is 18.2 Å². The standard InChI is InChI=1S/C20H22F2N2O/c21-16-2-1-3-17(22)19(16)18-7-15(24-25-18)11-23-20-8-12-4-13(9-20)6-14(5-12)10-20/h1-3,7,12-14,23H,4-6,8-11H2. The molecule has 1 aromatic heterocycles. The number of rotatable bonds is 4. The minimum absolute atomic E-state index is 0.143. The Balaban J connectivity index is 1.32. The molecule has 5 heteroatoms. The highest BCUT2D eigenvalue weighted by atomic mass is 19.1. The second-order valence-corrected chi connectivity index (χ2v) is 8.33. The Morgan fingerprint density at radius 2 is 1.64 bits per heavy atom. The van der Waals surface area contributed by atoms with Crippen molar-refractivity contribution in [2.75, 3.05) is 0 Å². The van der Waals surface area contributed by atoms with Crippen LogP contribution in [0.1, 0.15) is 44.2 Å². The number of hydrogen-bond acceptors (Lipinski definition) is 3. The first-order valence-corrected chi connectivity index (χ1v) is 9.25. The van der Waals surface area contributed by atoms with Gasteiger partial charge in [-0.05, 0) is 68.4 Å². The molecule has 4 saturated carbocycles. The Labute approximate surface area is 145 Å². The van der Waals surface area contributed by atoms with Gasteiger partial charge in [0.05, 0.1) is 11.3 Å². The van der Waals surface area contributed by atoms with E-state index in [-0.39, 0.29) is 16.9 Å². The van der Waals surface area contributed by atoms with Crippen molar-refractivity contribution >= 4 is 0 Å². The van der Waals surface area contributed by atoms with Gasteiger partial charge in [0.15, 0.2) is 5.76 Å². The zero-order chi connectivity index (χ0) is 17.0. The third-order valence-corrected chi connectivity index (χ3v) is 6.45. The minimum atomic E-state index is -0.628. The van der Waals surface area contributed by atoms with E-state index in [1.54, 1.807) is 6.07 Å². The zero-order valence-electron chi connectivity index (χ0n) is 14.1. The number of aromatic nitrogens is 1. The molecule has 6 rings (SSSR count). The molecule has 0 saturated heterocycles. The lowest BCUT2D eigenvalue weighted by Gasteiger charge is -2.57. The van der Waals surface area contributed by atoms with Crippen LogP contribution in [0.25, 0.3) is 11.3 Å². The van der Waals surface area contributed by atoms with Gasteiger partial charge in [-0.1, -0.05) is 11.2 Å². The Morgan fingerprint density at radius 1 is 1.04 bits per heavy atom. The average molecular weight is 344 g/mol. The van der Waals surface area contributed by atoms with E-state index in [1.165, 1.54) is 56.7 Å². The fourth-order valence-corrected chi connectivity index (χ4v) is 5.85. The lowest BCUT2D eigenvalue weighted by atomic mass is 9.53. The molecule has 4 aliphatic carbocycles. The Hall–Kier alpha value is -1.75. The molecule has 132 valence electrons. The van der Waals surface area contributed by atoms with E-state index in [0.29, 0.717) is 12.2 Å². The summed E-state index contributed by atoms with van der Waals surface area (Å²) in [5.41, 5.74) is 0.793.